The summed E-state index contributed by atoms with van der Waals surface area (Å²) in [5.74, 6) is -0.479. The van der Waals surface area contributed by atoms with E-state index in [1.807, 2.05) is 54.6 Å². The molecule has 3 nitrogen and oxygen atoms in total. The van der Waals surface area contributed by atoms with Crippen molar-refractivity contribution in [2.24, 2.45) is 5.73 Å². The summed E-state index contributed by atoms with van der Waals surface area (Å²) in [6, 6.07) is 22.2. The topological polar surface area (TPSA) is 56.0 Å². The first-order valence-electron chi connectivity index (χ1n) is 7.62. The van der Waals surface area contributed by atoms with Gasteiger partial charge in [-0.15, -0.1) is 0 Å². The summed E-state index contributed by atoms with van der Waals surface area (Å²) in [5.41, 5.74) is 10.0. The predicted octanol–water partition coefficient (Wildman–Crippen LogP) is 3.63. The van der Waals surface area contributed by atoms with Crippen LogP contribution in [0.25, 0.3) is 11.1 Å². The number of carbonyl (C=O) groups is 1. The fourth-order valence-corrected chi connectivity index (χ4v) is 2.63. The number of aryl methyl sites for hydroxylation is 2. The second kappa shape index (κ2) is 6.88. The molecule has 0 unspecified atom stereocenters. The van der Waals surface area contributed by atoms with Crippen LogP contribution in [0.5, 0.6) is 0 Å². The molecule has 1 heterocycles. The zero-order chi connectivity index (χ0) is 16.1. The molecule has 0 saturated heterocycles. The lowest BCUT2D eigenvalue weighted by Crippen LogP contribution is -2.16. The number of hydrogen-bond acceptors (Lipinski definition) is 2. The van der Waals surface area contributed by atoms with Crippen molar-refractivity contribution in [1.29, 1.82) is 0 Å². The van der Waals surface area contributed by atoms with E-state index in [1.165, 1.54) is 5.56 Å². The summed E-state index contributed by atoms with van der Waals surface area (Å²) in [7, 11) is 0. The molecule has 0 saturated carbocycles. The van der Waals surface area contributed by atoms with Crippen LogP contribution >= 0.6 is 0 Å². The first-order chi connectivity index (χ1) is 11.2. The summed E-state index contributed by atoms with van der Waals surface area (Å²) in [4.78, 5) is 15.9. The zero-order valence-corrected chi connectivity index (χ0v) is 12.8. The molecule has 0 bridgehead atoms. The molecule has 2 aromatic carbocycles. The fraction of sp³-hybridized carbons (Fsp3) is 0.100. The zero-order valence-electron chi connectivity index (χ0n) is 12.8. The van der Waals surface area contributed by atoms with E-state index < -0.39 is 5.91 Å². The number of amides is 1. The van der Waals surface area contributed by atoms with E-state index in [9.17, 15) is 4.79 Å². The summed E-state index contributed by atoms with van der Waals surface area (Å²) in [6.45, 7) is 0. The number of rotatable bonds is 5. The van der Waals surface area contributed by atoms with Gasteiger partial charge in [-0.1, -0.05) is 60.7 Å². The van der Waals surface area contributed by atoms with Gasteiger partial charge < -0.3 is 5.73 Å². The van der Waals surface area contributed by atoms with Crippen LogP contribution in [-0.4, -0.2) is 10.9 Å². The van der Waals surface area contributed by atoms with Gasteiger partial charge in [0.2, 0.25) is 0 Å². The highest BCUT2D eigenvalue weighted by atomic mass is 16.1. The molecular formula is C20H18N2O. The molecule has 23 heavy (non-hydrogen) atoms. The van der Waals surface area contributed by atoms with E-state index in [0.717, 1.165) is 29.5 Å². The molecule has 0 aliphatic rings. The molecule has 114 valence electrons. The normalized spacial score (nSPS) is 10.4. The second-order valence-corrected chi connectivity index (χ2v) is 5.45. The van der Waals surface area contributed by atoms with Gasteiger partial charge in [0, 0.05) is 11.8 Å². The molecular weight excluding hydrogens is 284 g/mol. The Kier molecular flexibility index (Phi) is 4.48. The van der Waals surface area contributed by atoms with E-state index >= 15 is 0 Å². The van der Waals surface area contributed by atoms with Crippen LogP contribution in [0.15, 0.2) is 72.9 Å². The van der Waals surface area contributed by atoms with Crippen molar-refractivity contribution in [3.63, 3.8) is 0 Å². The maximum atomic E-state index is 11.6. The molecule has 0 aliphatic heterocycles. The van der Waals surface area contributed by atoms with Gasteiger partial charge in [-0.3, -0.25) is 9.78 Å². The molecule has 1 amide bonds. The molecule has 3 aromatic rings. The minimum Gasteiger partial charge on any atom is -0.364 e. The Bertz CT molecular complexity index is 798. The number of nitrogens with two attached hydrogens (primary N) is 1. The summed E-state index contributed by atoms with van der Waals surface area (Å²) in [5, 5.41) is 0. The van der Waals surface area contributed by atoms with Crippen molar-refractivity contribution >= 4 is 5.91 Å². The average Bonchev–Trinajstić information content (AvgIpc) is 2.61. The number of hydrogen-bond donors (Lipinski definition) is 1. The van der Waals surface area contributed by atoms with Gasteiger partial charge in [-0.2, -0.15) is 0 Å². The van der Waals surface area contributed by atoms with Crippen LogP contribution in [0.3, 0.4) is 0 Å². The van der Waals surface area contributed by atoms with Gasteiger partial charge in [0.1, 0.15) is 5.69 Å². The SMILES string of the molecule is NC(=O)c1ncc(-c2ccccc2)cc1CCc1ccccc1. The first-order valence-corrected chi connectivity index (χ1v) is 7.62. The van der Waals surface area contributed by atoms with Gasteiger partial charge >= 0.3 is 0 Å². The number of aromatic nitrogens is 1. The number of pyridine rings is 1. The Morgan fingerprint density at radius 1 is 0.870 bits per heavy atom. The van der Waals surface area contributed by atoms with E-state index in [0.29, 0.717) is 5.69 Å². The van der Waals surface area contributed by atoms with Crippen LogP contribution in [0.2, 0.25) is 0 Å². The van der Waals surface area contributed by atoms with E-state index in [2.05, 4.69) is 17.1 Å². The number of primary amides is 1. The molecule has 0 spiro atoms. The van der Waals surface area contributed by atoms with Crippen molar-refractivity contribution in [2.75, 3.05) is 0 Å². The Hall–Kier alpha value is -2.94. The summed E-state index contributed by atoms with van der Waals surface area (Å²) < 4.78 is 0. The first kappa shape index (κ1) is 15.0. The van der Waals surface area contributed by atoms with Crippen LogP contribution < -0.4 is 5.73 Å². The highest BCUT2D eigenvalue weighted by molar-refractivity contribution is 5.92. The molecule has 0 radical (unpaired) electrons. The summed E-state index contributed by atoms with van der Waals surface area (Å²) >= 11 is 0. The smallest absolute Gasteiger partial charge is 0.267 e. The third-order valence-corrected chi connectivity index (χ3v) is 3.83. The molecule has 3 rings (SSSR count). The fourth-order valence-electron chi connectivity index (χ4n) is 2.63. The monoisotopic (exact) mass is 302 g/mol. The van der Waals surface area contributed by atoms with Crippen LogP contribution in [0.1, 0.15) is 21.6 Å². The number of benzene rings is 2. The van der Waals surface area contributed by atoms with E-state index in [-0.39, 0.29) is 0 Å². The Labute approximate surface area is 135 Å². The lowest BCUT2D eigenvalue weighted by Gasteiger charge is -2.09. The van der Waals surface area contributed by atoms with Gasteiger partial charge in [-0.05, 0) is 35.6 Å². The van der Waals surface area contributed by atoms with Crippen molar-refractivity contribution in [2.45, 2.75) is 12.8 Å². The van der Waals surface area contributed by atoms with Crippen LogP contribution in [0, 0.1) is 0 Å². The highest BCUT2D eigenvalue weighted by Crippen LogP contribution is 2.21. The Morgan fingerprint density at radius 3 is 2.17 bits per heavy atom. The van der Waals surface area contributed by atoms with Gasteiger partial charge in [0.25, 0.3) is 5.91 Å². The van der Waals surface area contributed by atoms with E-state index in [4.69, 9.17) is 5.73 Å². The van der Waals surface area contributed by atoms with Crippen molar-refractivity contribution in [3.8, 4) is 11.1 Å². The largest absolute Gasteiger partial charge is 0.364 e. The molecule has 1 aromatic heterocycles. The van der Waals surface area contributed by atoms with Crippen molar-refractivity contribution in [1.82, 2.24) is 4.98 Å². The maximum absolute atomic E-state index is 11.6. The minimum atomic E-state index is -0.479. The van der Waals surface area contributed by atoms with Gasteiger partial charge in [0.05, 0.1) is 0 Å². The van der Waals surface area contributed by atoms with Gasteiger partial charge in [-0.25, -0.2) is 0 Å². The molecule has 3 heteroatoms. The van der Waals surface area contributed by atoms with Gasteiger partial charge in [0.15, 0.2) is 0 Å². The quantitative estimate of drug-likeness (QED) is 0.782. The third kappa shape index (κ3) is 3.64. The minimum absolute atomic E-state index is 0.362. The average molecular weight is 302 g/mol. The number of carbonyl (C=O) groups excluding carboxylic acids is 1. The Balaban J connectivity index is 1.91. The van der Waals surface area contributed by atoms with E-state index in [1.54, 1.807) is 6.20 Å². The van der Waals surface area contributed by atoms with Crippen molar-refractivity contribution < 1.29 is 4.79 Å². The molecule has 0 fully saturated rings. The lowest BCUT2D eigenvalue weighted by molar-refractivity contribution is 0.0994. The maximum Gasteiger partial charge on any atom is 0.267 e. The molecule has 0 atom stereocenters. The molecule has 0 aliphatic carbocycles. The van der Waals surface area contributed by atoms with Crippen LogP contribution in [0.4, 0.5) is 0 Å². The second-order valence-electron chi connectivity index (χ2n) is 5.45. The summed E-state index contributed by atoms with van der Waals surface area (Å²) in [6.07, 6.45) is 3.29. The van der Waals surface area contributed by atoms with Crippen LogP contribution in [-0.2, 0) is 12.8 Å². The number of nitrogens with zero attached hydrogens (tertiary/aromatic N) is 1. The Morgan fingerprint density at radius 2 is 1.52 bits per heavy atom. The molecule has 2 N–H and O–H groups in total. The standard InChI is InChI=1S/C20H18N2O/c21-20(23)19-17(12-11-15-7-3-1-4-8-15)13-18(14-22-19)16-9-5-2-6-10-16/h1-10,13-14H,11-12H2,(H2,21,23). The van der Waals surface area contributed by atoms with Crippen molar-refractivity contribution in [3.05, 3.63) is 89.7 Å². The highest BCUT2D eigenvalue weighted by Gasteiger charge is 2.12. The third-order valence-electron chi connectivity index (χ3n) is 3.83. The lowest BCUT2D eigenvalue weighted by atomic mass is 9.99. The predicted molar refractivity (Wildman–Crippen MR) is 92.0 cm³/mol.